The molecule has 0 amide bonds. The summed E-state index contributed by atoms with van der Waals surface area (Å²) in [5.74, 6) is 1.15. The zero-order chi connectivity index (χ0) is 13.9. The number of fused-ring (bicyclic) bond motifs is 1. The van der Waals surface area contributed by atoms with Crippen molar-refractivity contribution in [3.63, 3.8) is 0 Å². The lowest BCUT2D eigenvalue weighted by Crippen LogP contribution is -2.06. The van der Waals surface area contributed by atoms with E-state index in [-0.39, 0.29) is 0 Å². The van der Waals surface area contributed by atoms with Gasteiger partial charge in [0.2, 0.25) is 0 Å². The minimum absolute atomic E-state index is 0.743. The molecule has 2 aromatic rings. The number of nitrogens with one attached hydrogen (secondary N) is 1. The molecule has 1 aromatic carbocycles. The Kier molecular flexibility index (Phi) is 4.26. The summed E-state index contributed by atoms with van der Waals surface area (Å²) in [6.07, 6.45) is 1.94. The van der Waals surface area contributed by atoms with Crippen molar-refractivity contribution < 1.29 is 4.74 Å². The molecule has 4 nitrogen and oxygen atoms in total. The van der Waals surface area contributed by atoms with Crippen molar-refractivity contribution in [1.29, 1.82) is 0 Å². The van der Waals surface area contributed by atoms with E-state index >= 15 is 0 Å². The molecule has 2 heterocycles. The monoisotopic (exact) mass is 383 g/mol. The lowest BCUT2D eigenvalue weighted by Gasteiger charge is -2.06. The molecular weight excluding hydrogens is 365 g/mol. The molecule has 0 atom stereocenters. The molecule has 1 aromatic heterocycles. The van der Waals surface area contributed by atoms with E-state index in [1.165, 1.54) is 9.13 Å². The standard InChI is InChI=1S/C15H18IN3O/c1-2-20-10-8-14-13-7-9-17-15(13)19(18-14)12-5-3-11(16)4-6-12/h3-6,17H,2,7-10H2,1H3. The van der Waals surface area contributed by atoms with E-state index in [4.69, 9.17) is 9.84 Å². The minimum Gasteiger partial charge on any atom is -0.381 e. The molecule has 5 heteroatoms. The molecule has 0 aliphatic carbocycles. The molecule has 3 rings (SSSR count). The molecule has 0 saturated heterocycles. The van der Waals surface area contributed by atoms with Gasteiger partial charge in [0.25, 0.3) is 0 Å². The van der Waals surface area contributed by atoms with Crippen LogP contribution < -0.4 is 5.32 Å². The molecular formula is C15H18IN3O. The fourth-order valence-corrected chi connectivity index (χ4v) is 2.89. The molecule has 1 aliphatic rings. The van der Waals surface area contributed by atoms with Crippen LogP contribution in [0, 0.1) is 3.57 Å². The van der Waals surface area contributed by atoms with Crippen LogP contribution in [-0.2, 0) is 17.6 Å². The Bertz CT molecular complexity index is 592. The van der Waals surface area contributed by atoms with Gasteiger partial charge in [-0.1, -0.05) is 0 Å². The van der Waals surface area contributed by atoms with Crippen molar-refractivity contribution >= 4 is 28.4 Å². The molecule has 0 bridgehead atoms. The van der Waals surface area contributed by atoms with Gasteiger partial charge in [-0.2, -0.15) is 5.10 Å². The fourth-order valence-electron chi connectivity index (χ4n) is 2.53. The van der Waals surface area contributed by atoms with E-state index in [1.54, 1.807) is 0 Å². The molecule has 0 fully saturated rings. The number of hydrogen-bond acceptors (Lipinski definition) is 3. The topological polar surface area (TPSA) is 39.1 Å². The summed E-state index contributed by atoms with van der Waals surface area (Å²) in [6, 6.07) is 8.44. The van der Waals surface area contributed by atoms with E-state index in [1.807, 2.05) is 11.6 Å². The van der Waals surface area contributed by atoms with Crippen molar-refractivity contribution in [2.24, 2.45) is 0 Å². The maximum absolute atomic E-state index is 5.46. The third-order valence-corrected chi connectivity index (χ3v) is 4.21. The van der Waals surface area contributed by atoms with Gasteiger partial charge in [0.15, 0.2) is 0 Å². The molecule has 0 spiro atoms. The highest BCUT2D eigenvalue weighted by atomic mass is 127. The Balaban J connectivity index is 1.91. The number of halogens is 1. The summed E-state index contributed by atoms with van der Waals surface area (Å²) in [4.78, 5) is 0. The smallest absolute Gasteiger partial charge is 0.133 e. The Morgan fingerprint density at radius 3 is 2.90 bits per heavy atom. The van der Waals surface area contributed by atoms with Crippen LogP contribution in [0.4, 0.5) is 5.82 Å². The van der Waals surface area contributed by atoms with Crippen molar-refractivity contribution in [2.45, 2.75) is 19.8 Å². The Hall–Kier alpha value is -1.08. The van der Waals surface area contributed by atoms with Gasteiger partial charge in [0.05, 0.1) is 18.0 Å². The van der Waals surface area contributed by atoms with Gasteiger partial charge in [-0.15, -0.1) is 0 Å². The van der Waals surface area contributed by atoms with E-state index in [0.29, 0.717) is 0 Å². The minimum atomic E-state index is 0.743. The molecule has 0 radical (unpaired) electrons. The van der Waals surface area contributed by atoms with Crippen LogP contribution in [0.25, 0.3) is 5.69 Å². The summed E-state index contributed by atoms with van der Waals surface area (Å²) in [6.45, 7) is 4.53. The first-order valence-corrected chi connectivity index (χ1v) is 8.06. The SMILES string of the molecule is CCOCCc1nn(-c2ccc(I)cc2)c2c1CCN2. The second-order valence-corrected chi connectivity index (χ2v) is 6.03. The van der Waals surface area contributed by atoms with Crippen LogP contribution in [0.5, 0.6) is 0 Å². The number of aromatic nitrogens is 2. The largest absolute Gasteiger partial charge is 0.381 e. The number of nitrogens with zero attached hydrogens (tertiary/aromatic N) is 2. The van der Waals surface area contributed by atoms with Crippen LogP contribution in [0.1, 0.15) is 18.2 Å². The average molecular weight is 383 g/mol. The third kappa shape index (κ3) is 2.69. The maximum Gasteiger partial charge on any atom is 0.133 e. The van der Waals surface area contributed by atoms with E-state index in [0.717, 1.165) is 49.8 Å². The molecule has 0 saturated carbocycles. The number of benzene rings is 1. The van der Waals surface area contributed by atoms with Crippen molar-refractivity contribution in [3.8, 4) is 5.69 Å². The predicted octanol–water partition coefficient (Wildman–Crippen LogP) is 3.02. The Labute approximate surface area is 132 Å². The number of hydrogen-bond donors (Lipinski definition) is 1. The van der Waals surface area contributed by atoms with Gasteiger partial charge < -0.3 is 10.1 Å². The Morgan fingerprint density at radius 1 is 1.35 bits per heavy atom. The van der Waals surface area contributed by atoms with Crippen LogP contribution in [0.2, 0.25) is 0 Å². The third-order valence-electron chi connectivity index (χ3n) is 3.49. The quantitative estimate of drug-likeness (QED) is 0.638. The van der Waals surface area contributed by atoms with Gasteiger partial charge in [-0.05, 0) is 60.2 Å². The van der Waals surface area contributed by atoms with Crippen LogP contribution >= 0.6 is 22.6 Å². The molecule has 1 N–H and O–H groups in total. The van der Waals surface area contributed by atoms with Crippen molar-refractivity contribution in [1.82, 2.24) is 9.78 Å². The highest BCUT2D eigenvalue weighted by Gasteiger charge is 2.22. The zero-order valence-corrected chi connectivity index (χ0v) is 13.7. The number of ether oxygens (including phenoxy) is 1. The first kappa shape index (κ1) is 13.9. The second-order valence-electron chi connectivity index (χ2n) is 4.79. The van der Waals surface area contributed by atoms with Crippen LogP contribution in [-0.4, -0.2) is 29.5 Å². The average Bonchev–Trinajstić information content (AvgIpc) is 3.04. The van der Waals surface area contributed by atoms with Crippen LogP contribution in [0.3, 0.4) is 0 Å². The fraction of sp³-hybridized carbons (Fsp3) is 0.400. The maximum atomic E-state index is 5.46. The Morgan fingerprint density at radius 2 is 2.15 bits per heavy atom. The lowest BCUT2D eigenvalue weighted by molar-refractivity contribution is 0.150. The highest BCUT2D eigenvalue weighted by molar-refractivity contribution is 14.1. The van der Waals surface area contributed by atoms with Gasteiger partial charge >= 0.3 is 0 Å². The molecule has 20 heavy (non-hydrogen) atoms. The summed E-state index contributed by atoms with van der Waals surface area (Å²) in [5.41, 5.74) is 3.62. The second kappa shape index (κ2) is 6.13. The molecule has 1 aliphatic heterocycles. The van der Waals surface area contributed by atoms with Crippen molar-refractivity contribution in [3.05, 3.63) is 39.1 Å². The lowest BCUT2D eigenvalue weighted by atomic mass is 10.1. The van der Waals surface area contributed by atoms with Crippen LogP contribution in [0.15, 0.2) is 24.3 Å². The highest BCUT2D eigenvalue weighted by Crippen LogP contribution is 2.29. The van der Waals surface area contributed by atoms with Gasteiger partial charge in [-0.25, -0.2) is 4.68 Å². The summed E-state index contributed by atoms with van der Waals surface area (Å²) < 4.78 is 8.72. The zero-order valence-electron chi connectivity index (χ0n) is 11.5. The summed E-state index contributed by atoms with van der Waals surface area (Å²) in [7, 11) is 0. The van der Waals surface area contributed by atoms with E-state index < -0.39 is 0 Å². The summed E-state index contributed by atoms with van der Waals surface area (Å²) >= 11 is 2.32. The molecule has 0 unspecified atom stereocenters. The van der Waals surface area contributed by atoms with Gasteiger partial charge in [0.1, 0.15) is 5.82 Å². The predicted molar refractivity (Wildman–Crippen MR) is 88.7 cm³/mol. The van der Waals surface area contributed by atoms with E-state index in [2.05, 4.69) is 52.2 Å². The van der Waals surface area contributed by atoms with E-state index in [9.17, 15) is 0 Å². The first-order chi connectivity index (χ1) is 9.79. The van der Waals surface area contributed by atoms with Gasteiger partial charge in [0, 0.05) is 28.7 Å². The number of anilines is 1. The summed E-state index contributed by atoms with van der Waals surface area (Å²) in [5, 5.41) is 8.23. The van der Waals surface area contributed by atoms with Crippen molar-refractivity contribution in [2.75, 3.05) is 25.1 Å². The molecule has 106 valence electrons. The first-order valence-electron chi connectivity index (χ1n) is 6.98. The number of rotatable bonds is 5. The van der Waals surface area contributed by atoms with Gasteiger partial charge in [-0.3, -0.25) is 0 Å². The normalized spacial score (nSPS) is 13.3.